The smallest absolute Gasteiger partial charge is 0.225 e. The molecule has 4 nitrogen and oxygen atoms in total. The maximum absolute atomic E-state index is 5.94. The topological polar surface area (TPSA) is 55.0 Å². The second-order valence-electron chi connectivity index (χ2n) is 4.84. The minimum absolute atomic E-state index is 0.300. The van der Waals surface area contributed by atoms with Gasteiger partial charge in [-0.05, 0) is 37.7 Å². The van der Waals surface area contributed by atoms with Crippen LogP contribution < -0.4 is 10.6 Å². The van der Waals surface area contributed by atoms with Gasteiger partial charge in [-0.3, -0.25) is 0 Å². The molecule has 1 unspecified atom stereocenters. The third kappa shape index (κ3) is 1.78. The molecule has 0 amide bonds. The summed E-state index contributed by atoms with van der Waals surface area (Å²) in [5.74, 6) is 0.923. The van der Waals surface area contributed by atoms with Crippen molar-refractivity contribution in [3.8, 4) is 0 Å². The van der Waals surface area contributed by atoms with Crippen LogP contribution >= 0.6 is 0 Å². The van der Waals surface area contributed by atoms with Gasteiger partial charge in [0.05, 0.1) is 0 Å². The summed E-state index contributed by atoms with van der Waals surface area (Å²) in [6.45, 7) is 2.22. The van der Waals surface area contributed by atoms with Crippen molar-refractivity contribution in [2.75, 3.05) is 18.0 Å². The minimum Gasteiger partial charge on any atom is -0.341 e. The summed E-state index contributed by atoms with van der Waals surface area (Å²) in [4.78, 5) is 11.4. The van der Waals surface area contributed by atoms with Crippen LogP contribution in [0.5, 0.6) is 0 Å². The molecule has 1 aromatic heterocycles. The molecule has 16 heavy (non-hydrogen) atoms. The predicted octanol–water partition coefficient (Wildman–Crippen LogP) is 0.893. The van der Waals surface area contributed by atoms with Gasteiger partial charge in [0.2, 0.25) is 5.95 Å². The van der Waals surface area contributed by atoms with Crippen molar-refractivity contribution in [1.82, 2.24) is 9.97 Å². The summed E-state index contributed by atoms with van der Waals surface area (Å²) in [5.41, 5.74) is 8.42. The SMILES string of the molecule is NC1CCc2nc(N3CCCC3)ncc2C1. The summed E-state index contributed by atoms with van der Waals surface area (Å²) in [6.07, 6.45) is 7.53. The Hall–Kier alpha value is -1.16. The van der Waals surface area contributed by atoms with E-state index in [0.29, 0.717) is 6.04 Å². The van der Waals surface area contributed by atoms with Crippen LogP contribution in [0.25, 0.3) is 0 Å². The lowest BCUT2D eigenvalue weighted by Gasteiger charge is -2.22. The van der Waals surface area contributed by atoms with E-state index in [0.717, 1.165) is 38.3 Å². The number of hydrogen-bond donors (Lipinski definition) is 1. The average molecular weight is 218 g/mol. The van der Waals surface area contributed by atoms with Crippen LogP contribution in [0.3, 0.4) is 0 Å². The van der Waals surface area contributed by atoms with Gasteiger partial charge in [0.1, 0.15) is 0 Å². The first kappa shape index (κ1) is 10.0. The van der Waals surface area contributed by atoms with Crippen LogP contribution in [0.15, 0.2) is 6.20 Å². The van der Waals surface area contributed by atoms with E-state index >= 15 is 0 Å². The highest BCUT2D eigenvalue weighted by molar-refractivity contribution is 5.35. The average Bonchev–Trinajstić information content (AvgIpc) is 2.82. The molecule has 2 N–H and O–H groups in total. The molecule has 0 radical (unpaired) electrons. The van der Waals surface area contributed by atoms with E-state index < -0.39 is 0 Å². The Morgan fingerprint density at radius 2 is 2.12 bits per heavy atom. The first-order valence-corrected chi connectivity index (χ1v) is 6.18. The molecule has 1 atom stereocenters. The highest BCUT2D eigenvalue weighted by Crippen LogP contribution is 2.22. The van der Waals surface area contributed by atoms with E-state index in [1.54, 1.807) is 0 Å². The summed E-state index contributed by atoms with van der Waals surface area (Å²) in [7, 11) is 0. The first-order chi connectivity index (χ1) is 7.83. The molecule has 0 aromatic carbocycles. The molecule has 4 heteroatoms. The lowest BCUT2D eigenvalue weighted by molar-refractivity contribution is 0.563. The number of fused-ring (bicyclic) bond motifs is 1. The highest BCUT2D eigenvalue weighted by Gasteiger charge is 2.20. The molecule has 1 saturated heterocycles. The second kappa shape index (κ2) is 4.01. The number of nitrogens with zero attached hydrogens (tertiary/aromatic N) is 3. The lowest BCUT2D eigenvalue weighted by Crippen LogP contribution is -2.29. The monoisotopic (exact) mass is 218 g/mol. The van der Waals surface area contributed by atoms with Crippen molar-refractivity contribution in [2.24, 2.45) is 5.73 Å². The van der Waals surface area contributed by atoms with Crippen LogP contribution in [-0.4, -0.2) is 29.1 Å². The standard InChI is InChI=1S/C12H18N4/c13-10-3-4-11-9(7-10)8-14-12(15-11)16-5-1-2-6-16/h8,10H,1-7,13H2. The number of hydrogen-bond acceptors (Lipinski definition) is 4. The van der Waals surface area contributed by atoms with Gasteiger partial charge in [-0.1, -0.05) is 0 Å². The maximum atomic E-state index is 5.94. The van der Waals surface area contributed by atoms with E-state index in [4.69, 9.17) is 5.73 Å². The third-order valence-corrected chi connectivity index (χ3v) is 3.56. The van der Waals surface area contributed by atoms with Crippen LogP contribution in [0.1, 0.15) is 30.5 Å². The fourth-order valence-electron chi connectivity index (χ4n) is 2.59. The maximum Gasteiger partial charge on any atom is 0.225 e. The molecular weight excluding hydrogens is 200 g/mol. The number of aryl methyl sites for hydroxylation is 1. The van der Waals surface area contributed by atoms with Gasteiger partial charge in [0.15, 0.2) is 0 Å². The Kier molecular flexibility index (Phi) is 2.52. The van der Waals surface area contributed by atoms with Gasteiger partial charge in [0, 0.05) is 31.0 Å². The van der Waals surface area contributed by atoms with Crippen molar-refractivity contribution in [2.45, 2.75) is 38.1 Å². The van der Waals surface area contributed by atoms with Crippen molar-refractivity contribution < 1.29 is 0 Å². The number of nitrogens with two attached hydrogens (primary N) is 1. The van der Waals surface area contributed by atoms with Gasteiger partial charge in [-0.15, -0.1) is 0 Å². The summed E-state index contributed by atoms with van der Waals surface area (Å²) in [6, 6.07) is 0.300. The van der Waals surface area contributed by atoms with E-state index in [9.17, 15) is 0 Å². The number of aromatic nitrogens is 2. The quantitative estimate of drug-likeness (QED) is 0.760. The Morgan fingerprint density at radius 1 is 1.31 bits per heavy atom. The molecule has 0 spiro atoms. The highest BCUT2D eigenvalue weighted by atomic mass is 15.3. The fourth-order valence-corrected chi connectivity index (χ4v) is 2.59. The molecule has 1 aromatic rings. The van der Waals surface area contributed by atoms with E-state index in [1.165, 1.54) is 24.1 Å². The molecule has 86 valence electrons. The fraction of sp³-hybridized carbons (Fsp3) is 0.667. The van der Waals surface area contributed by atoms with Gasteiger partial charge < -0.3 is 10.6 Å². The lowest BCUT2D eigenvalue weighted by atomic mass is 9.94. The Balaban J connectivity index is 1.87. The second-order valence-corrected chi connectivity index (χ2v) is 4.84. The molecule has 1 fully saturated rings. The van der Waals surface area contributed by atoms with E-state index in [-0.39, 0.29) is 0 Å². The van der Waals surface area contributed by atoms with Crippen molar-refractivity contribution in [1.29, 1.82) is 0 Å². The molecule has 2 aliphatic rings. The van der Waals surface area contributed by atoms with Crippen LogP contribution in [-0.2, 0) is 12.8 Å². The molecule has 2 heterocycles. The van der Waals surface area contributed by atoms with Gasteiger partial charge >= 0.3 is 0 Å². The number of rotatable bonds is 1. The van der Waals surface area contributed by atoms with Gasteiger partial charge in [0.25, 0.3) is 0 Å². The van der Waals surface area contributed by atoms with Crippen LogP contribution in [0.4, 0.5) is 5.95 Å². The number of anilines is 1. The first-order valence-electron chi connectivity index (χ1n) is 6.18. The van der Waals surface area contributed by atoms with E-state index in [2.05, 4.69) is 14.9 Å². The Bertz CT molecular complexity index is 385. The predicted molar refractivity (Wildman–Crippen MR) is 63.5 cm³/mol. The molecule has 1 aliphatic heterocycles. The van der Waals surface area contributed by atoms with Crippen LogP contribution in [0.2, 0.25) is 0 Å². The Labute approximate surface area is 95.9 Å². The normalized spacial score (nSPS) is 24.6. The minimum atomic E-state index is 0.300. The molecule has 1 aliphatic carbocycles. The molecule has 0 bridgehead atoms. The van der Waals surface area contributed by atoms with Crippen molar-refractivity contribution >= 4 is 5.95 Å². The summed E-state index contributed by atoms with van der Waals surface area (Å²) < 4.78 is 0. The molecule has 3 rings (SSSR count). The molecule has 0 saturated carbocycles. The van der Waals surface area contributed by atoms with Crippen molar-refractivity contribution in [3.05, 3.63) is 17.5 Å². The van der Waals surface area contributed by atoms with E-state index in [1.807, 2.05) is 6.20 Å². The third-order valence-electron chi connectivity index (χ3n) is 3.56. The van der Waals surface area contributed by atoms with Gasteiger partial charge in [-0.25, -0.2) is 9.97 Å². The zero-order valence-corrected chi connectivity index (χ0v) is 9.52. The summed E-state index contributed by atoms with van der Waals surface area (Å²) in [5, 5.41) is 0. The zero-order chi connectivity index (χ0) is 11.0. The van der Waals surface area contributed by atoms with Gasteiger partial charge in [-0.2, -0.15) is 0 Å². The summed E-state index contributed by atoms with van der Waals surface area (Å²) >= 11 is 0. The zero-order valence-electron chi connectivity index (χ0n) is 9.52. The molecular formula is C12H18N4. The Morgan fingerprint density at radius 3 is 2.94 bits per heavy atom. The van der Waals surface area contributed by atoms with Crippen LogP contribution in [0, 0.1) is 0 Å². The van der Waals surface area contributed by atoms with Crippen molar-refractivity contribution in [3.63, 3.8) is 0 Å². The largest absolute Gasteiger partial charge is 0.341 e.